The molecular formula is C24H24N2O3S2. The van der Waals surface area contributed by atoms with Gasteiger partial charge in [-0.15, -0.1) is 0 Å². The van der Waals surface area contributed by atoms with Crippen molar-refractivity contribution in [2.75, 3.05) is 0 Å². The molecule has 31 heavy (non-hydrogen) atoms. The quantitative estimate of drug-likeness (QED) is 0.458. The third-order valence-electron chi connectivity index (χ3n) is 5.50. The predicted octanol–water partition coefficient (Wildman–Crippen LogP) is 4.77. The average Bonchev–Trinajstić information content (AvgIpc) is 3.05. The first kappa shape index (κ1) is 21.5. The summed E-state index contributed by atoms with van der Waals surface area (Å²) >= 11 is 1.06. The van der Waals surface area contributed by atoms with Crippen molar-refractivity contribution in [1.29, 1.82) is 0 Å². The van der Waals surface area contributed by atoms with Gasteiger partial charge in [-0.05, 0) is 61.2 Å². The van der Waals surface area contributed by atoms with Crippen LogP contribution < -0.4 is 9.60 Å². The lowest BCUT2D eigenvalue weighted by atomic mass is 10.0. The fourth-order valence-electron chi connectivity index (χ4n) is 3.53. The van der Waals surface area contributed by atoms with Crippen LogP contribution in [-0.4, -0.2) is 13.0 Å². The molecule has 0 saturated heterocycles. The third-order valence-corrected chi connectivity index (χ3v) is 7.98. The van der Waals surface area contributed by atoms with E-state index in [9.17, 15) is 13.2 Å². The molecule has 1 N–H and O–H groups in total. The molecular weight excluding hydrogens is 428 g/mol. The number of fused-ring (bicyclic) bond motifs is 1. The molecule has 5 nitrogen and oxygen atoms in total. The molecule has 0 aliphatic heterocycles. The van der Waals surface area contributed by atoms with Crippen LogP contribution in [0.5, 0.6) is 0 Å². The number of sulfonamides is 1. The Morgan fingerprint density at radius 2 is 1.71 bits per heavy atom. The van der Waals surface area contributed by atoms with E-state index >= 15 is 0 Å². The molecule has 0 saturated carbocycles. The predicted molar refractivity (Wildman–Crippen MR) is 126 cm³/mol. The van der Waals surface area contributed by atoms with Crippen LogP contribution in [0.4, 0.5) is 0 Å². The standard InChI is InChI=1S/C24H24N2O3S2/c1-16-9-10-20(13-17(16)2)18(3)25-31(28,29)21-11-12-22-23(14-21)30-24(27)26(22)15-19-7-5-4-6-8-19/h4-14,18,25H,15H2,1-3H3/t18-/m0/s1. The van der Waals surface area contributed by atoms with Crippen molar-refractivity contribution < 1.29 is 8.42 Å². The number of aromatic nitrogens is 1. The number of aryl methyl sites for hydroxylation is 2. The minimum absolute atomic E-state index is 0.107. The van der Waals surface area contributed by atoms with Crippen LogP contribution in [0.2, 0.25) is 0 Å². The second-order valence-corrected chi connectivity index (χ2v) is 10.5. The number of rotatable bonds is 6. The molecule has 1 atom stereocenters. The SMILES string of the molecule is Cc1ccc([C@H](C)NS(=O)(=O)c2ccc3c(c2)sc(=O)n3Cc2ccccc2)cc1C. The molecule has 0 radical (unpaired) electrons. The second kappa shape index (κ2) is 8.42. The van der Waals surface area contributed by atoms with E-state index in [2.05, 4.69) is 4.72 Å². The summed E-state index contributed by atoms with van der Waals surface area (Å²) in [5.41, 5.74) is 4.95. The van der Waals surface area contributed by atoms with E-state index in [4.69, 9.17) is 0 Å². The lowest BCUT2D eigenvalue weighted by Crippen LogP contribution is -2.27. The highest BCUT2D eigenvalue weighted by Crippen LogP contribution is 2.24. The van der Waals surface area contributed by atoms with Crippen LogP contribution in [0.1, 0.15) is 35.2 Å². The van der Waals surface area contributed by atoms with Gasteiger partial charge >= 0.3 is 4.87 Å². The Kier molecular flexibility index (Phi) is 5.83. The van der Waals surface area contributed by atoms with E-state index in [1.807, 2.05) is 69.3 Å². The van der Waals surface area contributed by atoms with Gasteiger partial charge in [0.2, 0.25) is 10.0 Å². The number of hydrogen-bond donors (Lipinski definition) is 1. The van der Waals surface area contributed by atoms with Gasteiger partial charge in [-0.1, -0.05) is 59.9 Å². The van der Waals surface area contributed by atoms with Gasteiger partial charge in [0.25, 0.3) is 0 Å². The molecule has 3 aromatic carbocycles. The monoisotopic (exact) mass is 452 g/mol. The summed E-state index contributed by atoms with van der Waals surface area (Å²) in [7, 11) is -3.74. The topological polar surface area (TPSA) is 68.2 Å². The Balaban J connectivity index is 1.63. The van der Waals surface area contributed by atoms with E-state index in [1.54, 1.807) is 22.8 Å². The minimum atomic E-state index is -3.74. The van der Waals surface area contributed by atoms with E-state index in [-0.39, 0.29) is 15.8 Å². The van der Waals surface area contributed by atoms with Gasteiger partial charge in [0.05, 0.1) is 21.7 Å². The van der Waals surface area contributed by atoms with Gasteiger partial charge in [-0.25, -0.2) is 13.1 Å². The lowest BCUT2D eigenvalue weighted by molar-refractivity contribution is 0.567. The Bertz CT molecular complexity index is 1400. The van der Waals surface area contributed by atoms with E-state index < -0.39 is 10.0 Å². The van der Waals surface area contributed by atoms with Crippen LogP contribution in [0.25, 0.3) is 10.2 Å². The van der Waals surface area contributed by atoms with E-state index in [1.165, 1.54) is 5.56 Å². The molecule has 4 rings (SSSR count). The summed E-state index contributed by atoms with van der Waals surface area (Å²) in [4.78, 5) is 12.6. The molecule has 4 aromatic rings. The largest absolute Gasteiger partial charge is 0.308 e. The van der Waals surface area contributed by atoms with Gasteiger partial charge in [0, 0.05) is 6.04 Å². The van der Waals surface area contributed by atoms with Gasteiger partial charge in [0.1, 0.15) is 0 Å². The zero-order valence-corrected chi connectivity index (χ0v) is 19.3. The molecule has 160 valence electrons. The molecule has 0 amide bonds. The summed E-state index contributed by atoms with van der Waals surface area (Å²) in [5, 5.41) is 0. The van der Waals surface area contributed by atoms with Crippen LogP contribution >= 0.6 is 11.3 Å². The van der Waals surface area contributed by atoms with Crippen LogP contribution in [0, 0.1) is 13.8 Å². The van der Waals surface area contributed by atoms with Crippen molar-refractivity contribution in [3.05, 3.63) is 98.7 Å². The highest BCUT2D eigenvalue weighted by molar-refractivity contribution is 7.89. The van der Waals surface area contributed by atoms with Gasteiger partial charge in [-0.3, -0.25) is 9.36 Å². The first-order chi connectivity index (χ1) is 14.7. The Morgan fingerprint density at radius 3 is 2.42 bits per heavy atom. The first-order valence-corrected chi connectivity index (χ1v) is 12.3. The lowest BCUT2D eigenvalue weighted by Gasteiger charge is -2.16. The highest BCUT2D eigenvalue weighted by atomic mass is 32.2. The van der Waals surface area contributed by atoms with Crippen molar-refractivity contribution in [3.8, 4) is 0 Å². The molecule has 1 heterocycles. The summed E-state index contributed by atoms with van der Waals surface area (Å²) in [5.74, 6) is 0. The molecule has 1 aromatic heterocycles. The zero-order chi connectivity index (χ0) is 22.2. The molecule has 0 fully saturated rings. The molecule has 0 aliphatic carbocycles. The number of thiazole rings is 1. The maximum absolute atomic E-state index is 13.0. The fourth-order valence-corrected chi connectivity index (χ4v) is 5.79. The maximum atomic E-state index is 13.0. The smallest absolute Gasteiger partial charge is 0.294 e. The third kappa shape index (κ3) is 4.49. The molecule has 0 aliphatic rings. The number of hydrogen-bond acceptors (Lipinski definition) is 4. The minimum Gasteiger partial charge on any atom is -0.294 e. The molecule has 0 spiro atoms. The average molecular weight is 453 g/mol. The molecule has 0 bridgehead atoms. The van der Waals surface area contributed by atoms with Crippen molar-refractivity contribution in [1.82, 2.24) is 9.29 Å². The van der Waals surface area contributed by atoms with Crippen LogP contribution in [0.3, 0.4) is 0 Å². The van der Waals surface area contributed by atoms with Crippen molar-refractivity contribution in [3.63, 3.8) is 0 Å². The first-order valence-electron chi connectivity index (χ1n) is 10.0. The van der Waals surface area contributed by atoms with Crippen molar-refractivity contribution in [2.24, 2.45) is 0 Å². The Hall–Kier alpha value is -2.74. The van der Waals surface area contributed by atoms with Crippen LogP contribution in [-0.2, 0) is 16.6 Å². The van der Waals surface area contributed by atoms with E-state index in [0.717, 1.165) is 33.5 Å². The number of nitrogens with zero attached hydrogens (tertiary/aromatic N) is 1. The normalized spacial score (nSPS) is 12.9. The summed E-state index contributed by atoms with van der Waals surface area (Å²) in [6.07, 6.45) is 0. The van der Waals surface area contributed by atoms with E-state index in [0.29, 0.717) is 11.2 Å². The molecule has 0 unspecified atom stereocenters. The number of benzene rings is 3. The van der Waals surface area contributed by atoms with Gasteiger partial charge in [0.15, 0.2) is 0 Å². The molecule has 7 heteroatoms. The summed E-state index contributed by atoms with van der Waals surface area (Å²) < 4.78 is 31.1. The second-order valence-electron chi connectivity index (χ2n) is 7.76. The fraction of sp³-hybridized carbons (Fsp3) is 0.208. The van der Waals surface area contributed by atoms with Crippen molar-refractivity contribution in [2.45, 2.75) is 38.3 Å². The summed E-state index contributed by atoms with van der Waals surface area (Å²) in [6.45, 7) is 6.32. The zero-order valence-electron chi connectivity index (χ0n) is 17.6. The van der Waals surface area contributed by atoms with Gasteiger partial charge < -0.3 is 0 Å². The Morgan fingerprint density at radius 1 is 0.968 bits per heavy atom. The Labute approximate surface area is 186 Å². The highest BCUT2D eigenvalue weighted by Gasteiger charge is 2.20. The van der Waals surface area contributed by atoms with Gasteiger partial charge in [-0.2, -0.15) is 0 Å². The van der Waals surface area contributed by atoms with Crippen LogP contribution in [0.15, 0.2) is 76.4 Å². The number of nitrogens with one attached hydrogen (secondary N) is 1. The maximum Gasteiger partial charge on any atom is 0.308 e. The summed E-state index contributed by atoms with van der Waals surface area (Å²) in [6, 6.07) is 20.1. The van der Waals surface area contributed by atoms with Crippen molar-refractivity contribution >= 4 is 31.6 Å².